The van der Waals surface area contributed by atoms with Gasteiger partial charge in [-0.15, -0.1) is 11.3 Å². The average molecular weight is 414 g/mol. The number of aliphatic hydroxyl groups is 1. The maximum absolute atomic E-state index is 13.3. The molecular weight excluding hydrogens is 394 g/mol. The molecule has 5 nitrogen and oxygen atoms in total. The number of aliphatic imine (C=N–C) groups is 1. The summed E-state index contributed by atoms with van der Waals surface area (Å²) in [5, 5.41) is 11.9. The van der Waals surface area contributed by atoms with Gasteiger partial charge in [0.1, 0.15) is 10.6 Å². The van der Waals surface area contributed by atoms with E-state index in [1.165, 1.54) is 11.3 Å². The Morgan fingerprint density at radius 1 is 1.21 bits per heavy atom. The Kier molecular flexibility index (Phi) is 3.86. The Balaban J connectivity index is 1.44. The van der Waals surface area contributed by atoms with Crippen molar-refractivity contribution in [2.45, 2.75) is 37.2 Å². The highest BCUT2D eigenvalue weighted by atomic mass is 32.1. The highest BCUT2D eigenvalue weighted by Crippen LogP contribution is 2.68. The highest BCUT2D eigenvalue weighted by Gasteiger charge is 2.67. The van der Waals surface area contributed by atoms with E-state index in [1.807, 2.05) is 24.3 Å². The summed E-state index contributed by atoms with van der Waals surface area (Å²) in [5.41, 5.74) is 6.77. The van der Waals surface area contributed by atoms with Crippen molar-refractivity contribution in [3.63, 3.8) is 0 Å². The molecule has 0 amide bonds. The smallest absolute Gasteiger partial charge is 0.249 e. The number of hydrogen-bond donors (Lipinski definition) is 2. The van der Waals surface area contributed by atoms with Gasteiger partial charge in [0.25, 0.3) is 0 Å². The Morgan fingerprint density at radius 3 is 2.66 bits per heavy atom. The van der Waals surface area contributed by atoms with Crippen LogP contribution in [0.3, 0.4) is 0 Å². The van der Waals surface area contributed by atoms with Crippen LogP contribution in [0.4, 0.5) is 14.6 Å². The van der Waals surface area contributed by atoms with Crippen molar-refractivity contribution >= 4 is 33.6 Å². The highest BCUT2D eigenvalue weighted by molar-refractivity contribution is 7.18. The first-order chi connectivity index (χ1) is 13.7. The third-order valence-electron chi connectivity index (χ3n) is 5.96. The molecule has 0 saturated heterocycles. The van der Waals surface area contributed by atoms with E-state index in [0.29, 0.717) is 18.7 Å². The minimum atomic E-state index is -2.56. The lowest BCUT2D eigenvalue weighted by atomic mass is 9.48. The molecule has 150 valence electrons. The summed E-state index contributed by atoms with van der Waals surface area (Å²) in [7, 11) is 1.67. The molecule has 3 aromatic rings. The number of thiophene rings is 1. The Labute approximate surface area is 170 Å². The number of pyridine rings is 2. The molecular formula is C21H20F2N4OS. The van der Waals surface area contributed by atoms with E-state index >= 15 is 0 Å². The van der Waals surface area contributed by atoms with Gasteiger partial charge in [0.15, 0.2) is 0 Å². The lowest BCUT2D eigenvalue weighted by Crippen LogP contribution is -2.59. The summed E-state index contributed by atoms with van der Waals surface area (Å²) in [6.45, 7) is 0. The van der Waals surface area contributed by atoms with Crippen LogP contribution < -0.4 is 5.73 Å². The molecule has 2 aliphatic carbocycles. The maximum atomic E-state index is 13.3. The van der Waals surface area contributed by atoms with Crippen molar-refractivity contribution in [3.8, 4) is 11.3 Å². The summed E-state index contributed by atoms with van der Waals surface area (Å²) in [6, 6.07) is 7.67. The van der Waals surface area contributed by atoms with E-state index < -0.39 is 11.5 Å². The lowest BCUT2D eigenvalue weighted by Gasteiger charge is -2.60. The van der Waals surface area contributed by atoms with Crippen LogP contribution in [0.1, 0.15) is 36.1 Å². The fourth-order valence-electron chi connectivity index (χ4n) is 4.84. The van der Waals surface area contributed by atoms with Gasteiger partial charge in [-0.3, -0.25) is 4.99 Å². The van der Waals surface area contributed by atoms with Crippen molar-refractivity contribution in [2.24, 2.45) is 10.4 Å². The summed E-state index contributed by atoms with van der Waals surface area (Å²) >= 11 is 1.42. The monoisotopic (exact) mass is 414 g/mol. The van der Waals surface area contributed by atoms with Crippen molar-refractivity contribution in [3.05, 3.63) is 40.9 Å². The van der Waals surface area contributed by atoms with Crippen LogP contribution in [0.5, 0.6) is 0 Å². The fraction of sp³-hybridized carbons (Fsp3) is 0.381. The number of nitrogens with two attached hydrogens (primary N) is 1. The number of nitrogens with zero attached hydrogens (tertiary/aromatic N) is 3. The first kappa shape index (κ1) is 18.6. The largest absolute Gasteiger partial charge is 0.384 e. The van der Waals surface area contributed by atoms with Gasteiger partial charge < -0.3 is 10.8 Å². The summed E-state index contributed by atoms with van der Waals surface area (Å²) in [6.07, 6.45) is 3.91. The van der Waals surface area contributed by atoms with Crippen LogP contribution in [0, 0.1) is 5.41 Å². The number of anilines is 1. The van der Waals surface area contributed by atoms with Gasteiger partial charge in [-0.1, -0.05) is 0 Å². The summed E-state index contributed by atoms with van der Waals surface area (Å²) in [5.74, 6) is -2.16. The molecule has 0 unspecified atom stereocenters. The SMILES string of the molecule is CN=Cc1cc(-c2ccc3cc(C4(O)CC5(CC(F)(F)C5)C4)sc3n2)cnc1N. The molecule has 3 heterocycles. The number of rotatable bonds is 3. The molecule has 0 aromatic carbocycles. The van der Waals surface area contributed by atoms with E-state index in [2.05, 4.69) is 9.98 Å². The first-order valence-corrected chi connectivity index (χ1v) is 10.2. The van der Waals surface area contributed by atoms with Gasteiger partial charge in [0.2, 0.25) is 5.92 Å². The zero-order valence-electron chi connectivity index (χ0n) is 15.8. The standard InChI is InChI=1S/C21H20F2N4OS/c1-25-6-14-4-13(7-26-17(14)24)15-3-2-12-5-16(29-18(12)27-15)20(28)8-19(9-20)10-21(22,23)11-19/h2-7,28H,8-11H2,1H3,(H2,24,26). The number of halogens is 2. The Morgan fingerprint density at radius 2 is 1.97 bits per heavy atom. The zero-order valence-corrected chi connectivity index (χ0v) is 16.6. The Bertz CT molecular complexity index is 1140. The second kappa shape index (κ2) is 6.03. The predicted molar refractivity (Wildman–Crippen MR) is 111 cm³/mol. The van der Waals surface area contributed by atoms with Crippen molar-refractivity contribution in [1.29, 1.82) is 0 Å². The molecule has 1 spiro atoms. The zero-order chi connectivity index (χ0) is 20.4. The first-order valence-electron chi connectivity index (χ1n) is 9.40. The van der Waals surface area contributed by atoms with Gasteiger partial charge in [0.05, 0.1) is 11.3 Å². The molecule has 2 fully saturated rings. The second-order valence-corrected chi connectivity index (χ2v) is 9.41. The van der Waals surface area contributed by atoms with Gasteiger partial charge >= 0.3 is 0 Å². The molecule has 8 heteroatoms. The number of aromatic nitrogens is 2. The van der Waals surface area contributed by atoms with Crippen molar-refractivity contribution in [2.75, 3.05) is 12.8 Å². The third-order valence-corrected chi connectivity index (χ3v) is 7.20. The quantitative estimate of drug-likeness (QED) is 0.623. The minimum Gasteiger partial charge on any atom is -0.384 e. The third kappa shape index (κ3) is 3.02. The predicted octanol–water partition coefficient (Wildman–Crippen LogP) is 4.39. The van der Waals surface area contributed by atoms with Crippen LogP contribution in [0.15, 0.2) is 35.5 Å². The van der Waals surface area contributed by atoms with E-state index in [1.54, 1.807) is 19.5 Å². The van der Waals surface area contributed by atoms with Crippen LogP contribution >= 0.6 is 11.3 Å². The van der Waals surface area contributed by atoms with Gasteiger partial charge in [-0.05, 0) is 42.5 Å². The summed E-state index contributed by atoms with van der Waals surface area (Å²) < 4.78 is 26.5. The molecule has 29 heavy (non-hydrogen) atoms. The summed E-state index contributed by atoms with van der Waals surface area (Å²) in [4.78, 5) is 14.5. The van der Waals surface area contributed by atoms with E-state index in [-0.39, 0.29) is 18.3 Å². The van der Waals surface area contributed by atoms with Crippen molar-refractivity contribution in [1.82, 2.24) is 9.97 Å². The number of nitrogen functional groups attached to an aromatic ring is 1. The van der Waals surface area contributed by atoms with Gasteiger partial charge in [-0.2, -0.15) is 0 Å². The molecule has 0 atom stereocenters. The average Bonchev–Trinajstić information content (AvgIpc) is 3.04. The van der Waals surface area contributed by atoms with Crippen molar-refractivity contribution < 1.29 is 13.9 Å². The van der Waals surface area contributed by atoms with Crippen LogP contribution in [-0.4, -0.2) is 34.3 Å². The molecule has 3 aromatic heterocycles. The molecule has 5 rings (SSSR count). The normalized spacial score (nSPS) is 21.4. The number of alkyl halides is 2. The topological polar surface area (TPSA) is 84.4 Å². The maximum Gasteiger partial charge on any atom is 0.249 e. The molecule has 3 N–H and O–H groups in total. The molecule has 0 bridgehead atoms. The second-order valence-electron chi connectivity index (χ2n) is 8.38. The number of hydrogen-bond acceptors (Lipinski definition) is 6. The van der Waals surface area contributed by atoms with Crippen LogP contribution in [0.2, 0.25) is 0 Å². The molecule has 2 saturated carbocycles. The van der Waals surface area contributed by atoms with Gasteiger partial charge in [0, 0.05) is 53.7 Å². The van der Waals surface area contributed by atoms with Crippen LogP contribution in [-0.2, 0) is 5.60 Å². The van der Waals surface area contributed by atoms with Gasteiger partial charge in [-0.25, -0.2) is 18.7 Å². The van der Waals surface area contributed by atoms with Crippen LogP contribution in [0.25, 0.3) is 21.5 Å². The number of fused-ring (bicyclic) bond motifs is 1. The lowest BCUT2D eigenvalue weighted by molar-refractivity contribution is -0.255. The van der Waals surface area contributed by atoms with E-state index in [9.17, 15) is 13.9 Å². The minimum absolute atomic E-state index is 0.108. The fourth-order valence-corrected chi connectivity index (χ4v) is 5.96. The van der Waals surface area contributed by atoms with E-state index in [0.717, 1.165) is 31.9 Å². The molecule has 2 aliphatic rings. The molecule has 0 aliphatic heterocycles. The van der Waals surface area contributed by atoms with E-state index in [4.69, 9.17) is 10.7 Å². The molecule has 0 radical (unpaired) electrons. The Hall–Kier alpha value is -2.45.